The number of nitrogens with one attached hydrogen (secondary N) is 1. The van der Waals surface area contributed by atoms with Crippen LogP contribution in [-0.2, 0) is 16.0 Å². The number of methoxy groups -OCH3 is 1. The summed E-state index contributed by atoms with van der Waals surface area (Å²) in [6.07, 6.45) is 0.162. The maximum atomic E-state index is 11.6. The van der Waals surface area contributed by atoms with Crippen molar-refractivity contribution in [1.29, 1.82) is 0 Å². The molecule has 0 radical (unpaired) electrons. The monoisotopic (exact) mass is 320 g/mol. The molecule has 0 aliphatic heterocycles. The fourth-order valence-electron chi connectivity index (χ4n) is 2.72. The highest BCUT2D eigenvalue weighted by atomic mass is 16.5. The number of ether oxygens (including phenoxy) is 1. The van der Waals surface area contributed by atoms with Crippen LogP contribution in [0, 0.1) is 0 Å². The molecule has 1 unspecified atom stereocenters. The molecule has 4 nitrogen and oxygen atoms in total. The number of carbonyl (C=O) groups is 1. The lowest BCUT2D eigenvalue weighted by molar-refractivity contribution is -0.139. The predicted molar refractivity (Wildman–Crippen MR) is 95.9 cm³/mol. The molecule has 0 saturated heterocycles. The van der Waals surface area contributed by atoms with Gasteiger partial charge in [0.1, 0.15) is 0 Å². The van der Waals surface area contributed by atoms with Crippen molar-refractivity contribution in [3.05, 3.63) is 71.9 Å². The SMILES string of the molecule is COC(=O)Cc1cc(NC(C)c2ccccc2)c2ccccc2n1. The Morgan fingerprint density at radius 1 is 1.12 bits per heavy atom. The third-order valence-electron chi connectivity index (χ3n) is 3.99. The zero-order valence-electron chi connectivity index (χ0n) is 13.8. The van der Waals surface area contributed by atoms with Crippen LogP contribution < -0.4 is 5.32 Å². The van der Waals surface area contributed by atoms with Crippen LogP contribution in [0.4, 0.5) is 5.69 Å². The van der Waals surface area contributed by atoms with Gasteiger partial charge in [-0.2, -0.15) is 0 Å². The number of hydrogen-bond acceptors (Lipinski definition) is 4. The summed E-state index contributed by atoms with van der Waals surface area (Å²) in [5.74, 6) is -0.292. The Morgan fingerprint density at radius 3 is 2.58 bits per heavy atom. The molecule has 1 heterocycles. The van der Waals surface area contributed by atoms with E-state index >= 15 is 0 Å². The van der Waals surface area contributed by atoms with Crippen molar-refractivity contribution in [2.45, 2.75) is 19.4 Å². The van der Waals surface area contributed by atoms with Crippen LogP contribution in [0.25, 0.3) is 10.9 Å². The molecule has 4 heteroatoms. The molecule has 3 rings (SSSR count). The summed E-state index contributed by atoms with van der Waals surface area (Å²) in [5, 5.41) is 4.58. The van der Waals surface area contributed by atoms with E-state index < -0.39 is 0 Å². The van der Waals surface area contributed by atoms with Gasteiger partial charge in [0.25, 0.3) is 0 Å². The Morgan fingerprint density at radius 2 is 1.83 bits per heavy atom. The predicted octanol–water partition coefficient (Wildman–Crippen LogP) is 4.12. The van der Waals surface area contributed by atoms with Crippen LogP contribution in [0.1, 0.15) is 24.2 Å². The van der Waals surface area contributed by atoms with Crippen molar-refractivity contribution in [1.82, 2.24) is 4.98 Å². The minimum absolute atomic E-state index is 0.142. The number of anilines is 1. The summed E-state index contributed by atoms with van der Waals surface area (Å²) in [4.78, 5) is 16.2. The number of carbonyl (C=O) groups excluding carboxylic acids is 1. The molecule has 0 aliphatic rings. The Hall–Kier alpha value is -2.88. The lowest BCUT2D eigenvalue weighted by atomic mass is 10.1. The average molecular weight is 320 g/mol. The number of benzene rings is 2. The van der Waals surface area contributed by atoms with E-state index in [4.69, 9.17) is 4.74 Å². The molecule has 122 valence electrons. The fraction of sp³-hybridized carbons (Fsp3) is 0.200. The van der Waals surface area contributed by atoms with Crippen molar-refractivity contribution >= 4 is 22.6 Å². The van der Waals surface area contributed by atoms with E-state index in [-0.39, 0.29) is 18.4 Å². The zero-order chi connectivity index (χ0) is 16.9. The van der Waals surface area contributed by atoms with Gasteiger partial charge in [0, 0.05) is 17.1 Å². The number of aromatic nitrogens is 1. The Kier molecular flexibility index (Phi) is 4.75. The molecular weight excluding hydrogens is 300 g/mol. The topological polar surface area (TPSA) is 51.2 Å². The van der Waals surface area contributed by atoms with E-state index in [1.54, 1.807) is 0 Å². The van der Waals surface area contributed by atoms with Gasteiger partial charge in [0.05, 0.1) is 24.7 Å². The molecule has 1 N–H and O–H groups in total. The van der Waals surface area contributed by atoms with Crippen molar-refractivity contribution in [2.75, 3.05) is 12.4 Å². The van der Waals surface area contributed by atoms with Crippen molar-refractivity contribution < 1.29 is 9.53 Å². The van der Waals surface area contributed by atoms with E-state index in [9.17, 15) is 4.79 Å². The summed E-state index contributed by atoms with van der Waals surface area (Å²) in [5.41, 5.74) is 3.73. The lowest BCUT2D eigenvalue weighted by Gasteiger charge is -2.18. The van der Waals surface area contributed by atoms with E-state index in [1.807, 2.05) is 48.5 Å². The Bertz CT molecular complexity index is 847. The molecular formula is C20H20N2O2. The lowest BCUT2D eigenvalue weighted by Crippen LogP contribution is -2.10. The number of hydrogen-bond donors (Lipinski definition) is 1. The van der Waals surface area contributed by atoms with Gasteiger partial charge in [0.2, 0.25) is 0 Å². The molecule has 2 aromatic carbocycles. The van der Waals surface area contributed by atoms with Gasteiger partial charge < -0.3 is 10.1 Å². The second kappa shape index (κ2) is 7.13. The molecule has 0 bridgehead atoms. The van der Waals surface area contributed by atoms with Gasteiger partial charge in [-0.15, -0.1) is 0 Å². The van der Waals surface area contributed by atoms with Crippen LogP contribution in [0.5, 0.6) is 0 Å². The first-order valence-corrected chi connectivity index (χ1v) is 7.94. The maximum absolute atomic E-state index is 11.6. The van der Waals surface area contributed by atoms with Gasteiger partial charge in [0.15, 0.2) is 0 Å². The maximum Gasteiger partial charge on any atom is 0.311 e. The second-order valence-corrected chi connectivity index (χ2v) is 5.71. The van der Waals surface area contributed by atoms with Crippen LogP contribution in [0.2, 0.25) is 0 Å². The Balaban J connectivity index is 1.97. The zero-order valence-corrected chi connectivity index (χ0v) is 13.8. The number of fused-ring (bicyclic) bond motifs is 1. The van der Waals surface area contributed by atoms with E-state index in [0.29, 0.717) is 5.69 Å². The first kappa shape index (κ1) is 16.0. The highest BCUT2D eigenvalue weighted by Gasteiger charge is 2.12. The molecule has 1 aromatic heterocycles. The smallest absolute Gasteiger partial charge is 0.311 e. The molecule has 0 saturated carbocycles. The number of pyridine rings is 1. The van der Waals surface area contributed by atoms with Gasteiger partial charge >= 0.3 is 5.97 Å². The largest absolute Gasteiger partial charge is 0.469 e. The first-order valence-electron chi connectivity index (χ1n) is 7.94. The normalized spacial score (nSPS) is 11.9. The molecule has 1 atom stereocenters. The summed E-state index contributed by atoms with van der Waals surface area (Å²) in [6.45, 7) is 2.12. The molecule has 24 heavy (non-hydrogen) atoms. The van der Waals surface area contributed by atoms with Gasteiger partial charge in [-0.05, 0) is 24.6 Å². The molecule has 0 spiro atoms. The molecule has 0 amide bonds. The van der Waals surface area contributed by atoms with Crippen LogP contribution in [0.15, 0.2) is 60.7 Å². The number of esters is 1. The van der Waals surface area contributed by atoms with E-state index in [0.717, 1.165) is 16.6 Å². The van der Waals surface area contributed by atoms with Gasteiger partial charge in [-0.25, -0.2) is 0 Å². The van der Waals surface area contributed by atoms with Crippen molar-refractivity contribution in [2.24, 2.45) is 0 Å². The third-order valence-corrected chi connectivity index (χ3v) is 3.99. The highest BCUT2D eigenvalue weighted by molar-refractivity contribution is 5.92. The number of nitrogens with zero attached hydrogens (tertiary/aromatic N) is 1. The summed E-state index contributed by atoms with van der Waals surface area (Å²) < 4.78 is 4.76. The minimum Gasteiger partial charge on any atom is -0.469 e. The first-order chi connectivity index (χ1) is 11.7. The van der Waals surface area contributed by atoms with Gasteiger partial charge in [-0.3, -0.25) is 9.78 Å². The average Bonchev–Trinajstić information content (AvgIpc) is 2.62. The van der Waals surface area contributed by atoms with Crippen LogP contribution in [0.3, 0.4) is 0 Å². The van der Waals surface area contributed by atoms with Crippen LogP contribution in [-0.4, -0.2) is 18.1 Å². The van der Waals surface area contributed by atoms with E-state index in [2.05, 4.69) is 29.4 Å². The Labute approximate surface area is 141 Å². The molecule has 0 fully saturated rings. The van der Waals surface area contributed by atoms with Gasteiger partial charge in [-0.1, -0.05) is 48.5 Å². The van der Waals surface area contributed by atoms with Crippen molar-refractivity contribution in [3.63, 3.8) is 0 Å². The van der Waals surface area contributed by atoms with E-state index in [1.165, 1.54) is 12.7 Å². The minimum atomic E-state index is -0.292. The highest BCUT2D eigenvalue weighted by Crippen LogP contribution is 2.27. The summed E-state index contributed by atoms with van der Waals surface area (Å²) >= 11 is 0. The fourth-order valence-corrected chi connectivity index (χ4v) is 2.72. The number of para-hydroxylation sites is 1. The van der Waals surface area contributed by atoms with Crippen molar-refractivity contribution in [3.8, 4) is 0 Å². The second-order valence-electron chi connectivity index (χ2n) is 5.71. The third kappa shape index (κ3) is 3.54. The summed E-state index contributed by atoms with van der Waals surface area (Å²) in [7, 11) is 1.39. The number of rotatable bonds is 5. The standard InChI is InChI=1S/C20H20N2O2/c1-14(15-8-4-3-5-9-15)21-19-12-16(13-20(23)24-2)22-18-11-7-6-10-17(18)19/h3-12,14H,13H2,1-2H3,(H,21,22). The molecule has 3 aromatic rings. The quantitative estimate of drug-likeness (QED) is 0.718. The molecule has 0 aliphatic carbocycles. The van der Waals surface area contributed by atoms with Crippen LogP contribution >= 0.6 is 0 Å². The summed E-state index contributed by atoms with van der Waals surface area (Å²) in [6, 6.07) is 20.2.